The van der Waals surface area contributed by atoms with E-state index in [1.807, 2.05) is 29.3 Å². The molecule has 6 rings (SSSR count). The van der Waals surface area contributed by atoms with Crippen LogP contribution in [0.15, 0.2) is 35.4 Å². The van der Waals surface area contributed by atoms with Crippen LogP contribution in [0.3, 0.4) is 0 Å². The number of thiophene rings is 1. The number of pyridine rings is 1. The SMILES string of the molecule is CC1CCN(C(=O)c2ccc(N3CCCC3=O)s2)CC1n1c(=O)[nH]c2cnc3[nH]ccc3c21. The number of likely N-dealkylation sites (tertiary alicyclic amines) is 1. The van der Waals surface area contributed by atoms with Gasteiger partial charge in [0.2, 0.25) is 5.91 Å². The lowest BCUT2D eigenvalue weighted by Crippen LogP contribution is -2.45. The van der Waals surface area contributed by atoms with Crippen LogP contribution in [-0.4, -0.2) is 55.9 Å². The average molecular weight is 465 g/mol. The highest BCUT2D eigenvalue weighted by Gasteiger charge is 2.34. The first kappa shape index (κ1) is 20.2. The summed E-state index contributed by atoms with van der Waals surface area (Å²) in [7, 11) is 0. The van der Waals surface area contributed by atoms with Crippen molar-refractivity contribution in [3.8, 4) is 0 Å². The summed E-state index contributed by atoms with van der Waals surface area (Å²) in [6, 6.07) is 5.46. The second kappa shape index (κ2) is 7.58. The number of nitrogens with one attached hydrogen (secondary N) is 2. The molecule has 2 saturated heterocycles. The predicted octanol–water partition coefficient (Wildman–Crippen LogP) is 3.12. The van der Waals surface area contributed by atoms with Crippen molar-refractivity contribution in [1.82, 2.24) is 24.4 Å². The number of fused-ring (bicyclic) bond motifs is 3. The van der Waals surface area contributed by atoms with Crippen LogP contribution in [0, 0.1) is 5.92 Å². The molecule has 33 heavy (non-hydrogen) atoms. The van der Waals surface area contributed by atoms with Gasteiger partial charge >= 0.3 is 5.69 Å². The molecule has 170 valence electrons. The van der Waals surface area contributed by atoms with Crippen molar-refractivity contribution in [2.45, 2.75) is 32.2 Å². The Labute approximate surface area is 193 Å². The molecule has 2 aliphatic heterocycles. The molecular formula is C23H24N6O3S. The third-order valence-corrected chi connectivity index (χ3v) is 8.04. The number of anilines is 1. The normalized spacial score (nSPS) is 21.5. The lowest BCUT2D eigenvalue weighted by Gasteiger charge is -2.37. The molecule has 10 heteroatoms. The Morgan fingerprint density at radius 3 is 2.91 bits per heavy atom. The van der Waals surface area contributed by atoms with Crippen molar-refractivity contribution in [1.29, 1.82) is 0 Å². The number of piperidine rings is 1. The highest BCUT2D eigenvalue weighted by atomic mass is 32.1. The highest BCUT2D eigenvalue weighted by molar-refractivity contribution is 7.18. The summed E-state index contributed by atoms with van der Waals surface area (Å²) < 4.78 is 1.81. The second-order valence-corrected chi connectivity index (χ2v) is 9.99. The van der Waals surface area contributed by atoms with E-state index in [0.29, 0.717) is 36.4 Å². The third-order valence-electron chi connectivity index (χ3n) is 6.94. The number of hydrogen-bond acceptors (Lipinski definition) is 5. The minimum absolute atomic E-state index is 0.0452. The van der Waals surface area contributed by atoms with Crippen molar-refractivity contribution in [2.75, 3.05) is 24.5 Å². The first-order chi connectivity index (χ1) is 16.0. The number of nitrogens with zero attached hydrogens (tertiary/aromatic N) is 4. The predicted molar refractivity (Wildman–Crippen MR) is 127 cm³/mol. The summed E-state index contributed by atoms with van der Waals surface area (Å²) in [6.45, 7) is 3.94. The zero-order valence-corrected chi connectivity index (χ0v) is 19.0. The zero-order valence-electron chi connectivity index (χ0n) is 18.2. The van der Waals surface area contributed by atoms with E-state index in [9.17, 15) is 14.4 Å². The monoisotopic (exact) mass is 464 g/mol. The molecule has 2 atom stereocenters. The molecule has 0 spiro atoms. The molecule has 0 aliphatic carbocycles. The highest BCUT2D eigenvalue weighted by Crippen LogP contribution is 2.34. The van der Waals surface area contributed by atoms with Crippen LogP contribution in [-0.2, 0) is 4.79 Å². The molecule has 4 aromatic heterocycles. The molecule has 2 N–H and O–H groups in total. The van der Waals surface area contributed by atoms with Gasteiger partial charge < -0.3 is 19.8 Å². The average Bonchev–Trinajstić information content (AvgIpc) is 3.59. The van der Waals surface area contributed by atoms with Crippen LogP contribution in [0.1, 0.15) is 41.9 Å². The first-order valence-electron chi connectivity index (χ1n) is 11.3. The van der Waals surface area contributed by atoms with E-state index in [2.05, 4.69) is 21.9 Å². The van der Waals surface area contributed by atoms with Gasteiger partial charge in [0.05, 0.1) is 33.2 Å². The molecule has 2 unspecified atom stereocenters. The van der Waals surface area contributed by atoms with Gasteiger partial charge in [0.25, 0.3) is 5.91 Å². The fraction of sp³-hybridized carbons (Fsp3) is 0.391. The number of carbonyl (C=O) groups excluding carboxylic acids is 2. The Hall–Kier alpha value is -3.40. The van der Waals surface area contributed by atoms with Crippen molar-refractivity contribution in [3.63, 3.8) is 0 Å². The van der Waals surface area contributed by atoms with Gasteiger partial charge in [-0.15, -0.1) is 11.3 Å². The standard InChI is InChI=1S/C23H24N6O3S/c1-13-7-10-27(22(31)17-4-5-19(33-17)28-9-2-3-18(28)30)12-16(13)29-20-14-6-8-24-21(14)25-11-15(20)26-23(29)32/h4-6,8,11,13,16H,2-3,7,9-10,12H2,1H3,(H,24,25)(H,26,32). The summed E-state index contributed by atoms with van der Waals surface area (Å²) in [5, 5.41) is 1.72. The van der Waals surface area contributed by atoms with Gasteiger partial charge in [0.15, 0.2) is 0 Å². The summed E-state index contributed by atoms with van der Waals surface area (Å²) in [6.07, 6.45) is 5.72. The largest absolute Gasteiger partial charge is 0.346 e. The topological polar surface area (TPSA) is 107 Å². The van der Waals surface area contributed by atoms with Gasteiger partial charge in [-0.3, -0.25) is 14.2 Å². The quantitative estimate of drug-likeness (QED) is 0.486. The van der Waals surface area contributed by atoms with E-state index in [4.69, 9.17) is 0 Å². The van der Waals surface area contributed by atoms with Gasteiger partial charge in [-0.2, -0.15) is 0 Å². The van der Waals surface area contributed by atoms with E-state index in [0.717, 1.165) is 34.4 Å². The zero-order chi connectivity index (χ0) is 22.7. The molecular weight excluding hydrogens is 440 g/mol. The summed E-state index contributed by atoms with van der Waals surface area (Å²) in [4.78, 5) is 53.1. The van der Waals surface area contributed by atoms with Crippen LogP contribution in [0.25, 0.3) is 22.1 Å². The van der Waals surface area contributed by atoms with E-state index in [1.165, 1.54) is 11.3 Å². The van der Waals surface area contributed by atoms with Gasteiger partial charge in [-0.05, 0) is 37.0 Å². The van der Waals surface area contributed by atoms with Crippen molar-refractivity contribution in [3.05, 3.63) is 46.0 Å². The van der Waals surface area contributed by atoms with Gasteiger partial charge in [-0.25, -0.2) is 9.78 Å². The maximum Gasteiger partial charge on any atom is 0.326 e. The molecule has 4 aromatic rings. The second-order valence-electron chi connectivity index (χ2n) is 8.93. The summed E-state index contributed by atoms with van der Waals surface area (Å²) >= 11 is 1.37. The Morgan fingerprint density at radius 2 is 2.09 bits per heavy atom. The van der Waals surface area contributed by atoms with E-state index in [-0.39, 0.29) is 29.5 Å². The van der Waals surface area contributed by atoms with E-state index < -0.39 is 0 Å². The number of amides is 2. The molecule has 0 radical (unpaired) electrons. The number of aromatic amines is 2. The van der Waals surface area contributed by atoms with Crippen LogP contribution in [0.2, 0.25) is 0 Å². The number of rotatable bonds is 3. The molecule has 2 amide bonds. The maximum atomic E-state index is 13.4. The molecule has 2 aliphatic rings. The molecule has 6 heterocycles. The van der Waals surface area contributed by atoms with Crippen molar-refractivity contribution < 1.29 is 9.59 Å². The Morgan fingerprint density at radius 1 is 1.21 bits per heavy atom. The van der Waals surface area contributed by atoms with Crippen molar-refractivity contribution in [2.24, 2.45) is 5.92 Å². The van der Waals surface area contributed by atoms with E-state index >= 15 is 0 Å². The van der Waals surface area contributed by atoms with Gasteiger partial charge in [-0.1, -0.05) is 6.92 Å². The fourth-order valence-corrected chi connectivity index (χ4v) is 6.15. The van der Waals surface area contributed by atoms with E-state index in [1.54, 1.807) is 15.7 Å². The Kier molecular flexibility index (Phi) is 4.65. The molecule has 0 bridgehead atoms. The lowest BCUT2D eigenvalue weighted by molar-refractivity contribution is -0.117. The summed E-state index contributed by atoms with van der Waals surface area (Å²) in [5.41, 5.74) is 2.07. The minimum Gasteiger partial charge on any atom is -0.346 e. The smallest absolute Gasteiger partial charge is 0.326 e. The van der Waals surface area contributed by atoms with Crippen LogP contribution in [0.5, 0.6) is 0 Å². The Balaban J connectivity index is 1.32. The number of carbonyl (C=O) groups is 2. The minimum atomic E-state index is -0.183. The number of imidazole rings is 1. The molecule has 9 nitrogen and oxygen atoms in total. The van der Waals surface area contributed by atoms with Crippen LogP contribution >= 0.6 is 11.3 Å². The molecule has 0 saturated carbocycles. The lowest BCUT2D eigenvalue weighted by atomic mass is 9.93. The molecule has 2 fully saturated rings. The Bertz CT molecular complexity index is 1450. The van der Waals surface area contributed by atoms with Crippen molar-refractivity contribution >= 4 is 50.2 Å². The number of hydrogen-bond donors (Lipinski definition) is 2. The maximum absolute atomic E-state index is 13.4. The number of H-pyrrole nitrogens is 2. The molecule has 0 aromatic carbocycles. The van der Waals surface area contributed by atoms with Gasteiger partial charge in [0.1, 0.15) is 5.65 Å². The summed E-state index contributed by atoms with van der Waals surface area (Å²) in [5.74, 6) is 0.303. The van der Waals surface area contributed by atoms with Crippen LogP contribution in [0.4, 0.5) is 5.00 Å². The van der Waals surface area contributed by atoms with Gasteiger partial charge in [0, 0.05) is 37.6 Å². The third kappa shape index (κ3) is 3.19. The number of aromatic nitrogens is 4. The van der Waals surface area contributed by atoms with Crippen LogP contribution < -0.4 is 10.6 Å². The first-order valence-corrected chi connectivity index (χ1v) is 12.1. The fourth-order valence-electron chi connectivity index (χ4n) is 5.13.